The van der Waals surface area contributed by atoms with Crippen LogP contribution in [0.1, 0.15) is 51.6 Å². The smallest absolute Gasteiger partial charge is 0.262 e. The first kappa shape index (κ1) is 21.2. The zero-order chi connectivity index (χ0) is 22.8. The van der Waals surface area contributed by atoms with Crippen LogP contribution < -0.4 is 4.74 Å². The summed E-state index contributed by atoms with van der Waals surface area (Å²) in [5.74, 6) is 1.20. The second kappa shape index (κ2) is 9.06. The van der Waals surface area contributed by atoms with E-state index in [4.69, 9.17) is 4.74 Å². The van der Waals surface area contributed by atoms with Crippen LogP contribution in [0.25, 0.3) is 6.08 Å². The third-order valence-electron chi connectivity index (χ3n) is 6.19. The minimum Gasteiger partial charge on any atom is -0.493 e. The Kier molecular flexibility index (Phi) is 5.82. The molecular weight excluding hydrogens is 414 g/mol. The van der Waals surface area contributed by atoms with Crippen molar-refractivity contribution in [2.24, 2.45) is 5.92 Å². The number of benzene rings is 2. The maximum Gasteiger partial charge on any atom is 0.262 e. The minimum atomic E-state index is -0.346. The molecule has 0 saturated heterocycles. The molecule has 0 spiro atoms. The Bertz CT molecular complexity index is 1160. The van der Waals surface area contributed by atoms with Crippen molar-refractivity contribution in [3.8, 4) is 5.75 Å². The highest BCUT2D eigenvalue weighted by atomic mass is 16.5. The zero-order valence-corrected chi connectivity index (χ0v) is 18.7. The van der Waals surface area contributed by atoms with Gasteiger partial charge in [0.15, 0.2) is 0 Å². The molecule has 2 aliphatic rings. The first-order chi connectivity index (χ1) is 16.1. The van der Waals surface area contributed by atoms with E-state index >= 15 is 0 Å². The van der Waals surface area contributed by atoms with Crippen LogP contribution in [0.15, 0.2) is 67.0 Å². The molecule has 1 aliphatic carbocycles. The summed E-state index contributed by atoms with van der Waals surface area (Å²) >= 11 is 0. The molecule has 33 heavy (non-hydrogen) atoms. The number of carbonyl (C=O) groups excluding carboxylic acids is 2. The summed E-state index contributed by atoms with van der Waals surface area (Å²) in [4.78, 5) is 26.6. The molecule has 1 atom stereocenters. The first-order valence-electron chi connectivity index (χ1n) is 11.5. The second-order valence-corrected chi connectivity index (χ2v) is 8.81. The highest BCUT2D eigenvalue weighted by molar-refractivity contribution is 6.21. The van der Waals surface area contributed by atoms with Crippen molar-refractivity contribution in [2.45, 2.75) is 38.8 Å². The number of amides is 2. The van der Waals surface area contributed by atoms with E-state index in [1.807, 2.05) is 42.1 Å². The third-order valence-corrected chi connectivity index (χ3v) is 6.19. The Balaban J connectivity index is 1.15. The molecule has 0 radical (unpaired) electrons. The molecule has 0 unspecified atom stereocenters. The number of fused-ring (bicyclic) bond motifs is 1. The number of aryl methyl sites for hydroxylation is 2. The molecule has 2 amide bonds. The molecule has 5 rings (SSSR count). The van der Waals surface area contributed by atoms with Gasteiger partial charge in [0.25, 0.3) is 11.8 Å². The molecule has 3 aromatic rings. The van der Waals surface area contributed by atoms with Crippen molar-refractivity contribution in [1.82, 2.24) is 14.7 Å². The topological polar surface area (TPSA) is 64.4 Å². The number of nitrogens with zero attached hydrogens (tertiary/aromatic N) is 3. The lowest BCUT2D eigenvalue weighted by atomic mass is 10.1. The van der Waals surface area contributed by atoms with Gasteiger partial charge in [0.1, 0.15) is 5.75 Å². The molecular formula is C27H27N3O3. The van der Waals surface area contributed by atoms with E-state index in [1.165, 1.54) is 23.3 Å². The summed E-state index contributed by atoms with van der Waals surface area (Å²) in [6, 6.07) is 14.9. The standard InChI is InChI=1S/C27H27N3O3/c1-19(30-26(31)24-4-2-3-5-25(24)27(30)32)6-7-22-16-28-29(17-22)15-14-20-10-12-23(13-11-20)33-18-21-8-9-21/h2-7,10-13,16-17,19,21H,8-9,14-15,18H2,1H3/b7-6+/t19-/m0/s1. The quantitative estimate of drug-likeness (QED) is 0.455. The average molecular weight is 442 g/mol. The van der Waals surface area contributed by atoms with E-state index in [2.05, 4.69) is 17.2 Å². The van der Waals surface area contributed by atoms with Gasteiger partial charge in [-0.05, 0) is 61.9 Å². The summed E-state index contributed by atoms with van der Waals surface area (Å²) in [5, 5.41) is 4.44. The molecule has 2 aromatic carbocycles. The largest absolute Gasteiger partial charge is 0.493 e. The second-order valence-electron chi connectivity index (χ2n) is 8.81. The molecule has 1 fully saturated rings. The van der Waals surface area contributed by atoms with Gasteiger partial charge in [-0.25, -0.2) is 0 Å². The van der Waals surface area contributed by atoms with Crippen LogP contribution in [0.3, 0.4) is 0 Å². The average Bonchev–Trinajstić information content (AvgIpc) is 3.50. The van der Waals surface area contributed by atoms with Crippen molar-refractivity contribution in [3.05, 3.63) is 89.3 Å². The SMILES string of the molecule is C[C@@H](/C=C/c1cnn(CCc2ccc(OCC3CC3)cc2)c1)N1C(=O)c2ccccc2C1=O. The van der Waals surface area contributed by atoms with E-state index in [1.54, 1.807) is 30.5 Å². The number of ether oxygens (including phenoxy) is 1. The molecule has 1 aromatic heterocycles. The highest BCUT2D eigenvalue weighted by Crippen LogP contribution is 2.29. The molecule has 6 heteroatoms. The van der Waals surface area contributed by atoms with Gasteiger partial charge in [-0.3, -0.25) is 19.2 Å². The van der Waals surface area contributed by atoms with Crippen molar-refractivity contribution >= 4 is 17.9 Å². The molecule has 0 bridgehead atoms. The van der Waals surface area contributed by atoms with Crippen LogP contribution in [0.4, 0.5) is 0 Å². The number of hydrogen-bond acceptors (Lipinski definition) is 4. The van der Waals surface area contributed by atoms with E-state index < -0.39 is 0 Å². The van der Waals surface area contributed by atoms with Crippen molar-refractivity contribution < 1.29 is 14.3 Å². The predicted octanol–water partition coefficient (Wildman–Crippen LogP) is 4.61. The molecule has 1 aliphatic heterocycles. The van der Waals surface area contributed by atoms with Gasteiger partial charge in [0.2, 0.25) is 0 Å². The Morgan fingerprint density at radius 2 is 1.76 bits per heavy atom. The Hall–Kier alpha value is -3.67. The van der Waals surface area contributed by atoms with Gasteiger partial charge < -0.3 is 4.74 Å². The van der Waals surface area contributed by atoms with Gasteiger partial charge in [-0.1, -0.05) is 36.4 Å². The molecule has 168 valence electrons. The number of aromatic nitrogens is 2. The number of hydrogen-bond donors (Lipinski definition) is 0. The van der Waals surface area contributed by atoms with E-state index in [0.717, 1.165) is 36.8 Å². The Morgan fingerprint density at radius 3 is 2.42 bits per heavy atom. The maximum absolute atomic E-state index is 12.6. The summed E-state index contributed by atoms with van der Waals surface area (Å²) < 4.78 is 7.70. The molecule has 1 saturated carbocycles. The number of carbonyl (C=O) groups is 2. The fourth-order valence-corrected chi connectivity index (χ4v) is 4.00. The summed E-state index contributed by atoms with van der Waals surface area (Å²) in [6.07, 6.45) is 11.0. The number of imide groups is 1. The first-order valence-corrected chi connectivity index (χ1v) is 11.5. The predicted molar refractivity (Wildman–Crippen MR) is 126 cm³/mol. The highest BCUT2D eigenvalue weighted by Gasteiger charge is 2.37. The van der Waals surface area contributed by atoms with Crippen LogP contribution in [0, 0.1) is 5.92 Å². The normalized spacial score (nSPS) is 16.5. The molecule has 2 heterocycles. The van der Waals surface area contributed by atoms with Gasteiger partial charge in [-0.15, -0.1) is 0 Å². The van der Waals surface area contributed by atoms with Crippen molar-refractivity contribution in [3.63, 3.8) is 0 Å². The van der Waals surface area contributed by atoms with E-state index in [0.29, 0.717) is 11.1 Å². The Morgan fingerprint density at radius 1 is 1.06 bits per heavy atom. The van der Waals surface area contributed by atoms with Gasteiger partial charge in [-0.2, -0.15) is 5.10 Å². The monoisotopic (exact) mass is 441 g/mol. The van der Waals surface area contributed by atoms with E-state index in [-0.39, 0.29) is 17.9 Å². The lowest BCUT2D eigenvalue weighted by molar-refractivity contribution is 0.0625. The van der Waals surface area contributed by atoms with Gasteiger partial charge in [0, 0.05) is 18.3 Å². The molecule has 6 nitrogen and oxygen atoms in total. The minimum absolute atomic E-state index is 0.243. The Labute approximate surface area is 193 Å². The van der Waals surface area contributed by atoms with Crippen LogP contribution in [-0.4, -0.2) is 39.1 Å². The van der Waals surface area contributed by atoms with Gasteiger partial charge in [0.05, 0.1) is 30.0 Å². The number of rotatable bonds is 9. The summed E-state index contributed by atoms with van der Waals surface area (Å²) in [6.45, 7) is 3.44. The lowest BCUT2D eigenvalue weighted by Gasteiger charge is -2.19. The van der Waals surface area contributed by atoms with Gasteiger partial charge >= 0.3 is 0 Å². The zero-order valence-electron chi connectivity index (χ0n) is 18.7. The summed E-state index contributed by atoms with van der Waals surface area (Å²) in [5.41, 5.74) is 3.11. The lowest BCUT2D eigenvalue weighted by Crippen LogP contribution is -2.36. The van der Waals surface area contributed by atoms with Crippen LogP contribution in [0.2, 0.25) is 0 Å². The third kappa shape index (κ3) is 4.75. The van der Waals surface area contributed by atoms with Crippen LogP contribution in [-0.2, 0) is 13.0 Å². The van der Waals surface area contributed by atoms with Crippen LogP contribution in [0.5, 0.6) is 5.75 Å². The fourth-order valence-electron chi connectivity index (χ4n) is 4.00. The summed E-state index contributed by atoms with van der Waals surface area (Å²) in [7, 11) is 0. The maximum atomic E-state index is 12.6. The molecule has 0 N–H and O–H groups in total. The van der Waals surface area contributed by atoms with Crippen molar-refractivity contribution in [2.75, 3.05) is 6.61 Å². The van der Waals surface area contributed by atoms with Crippen LogP contribution >= 0.6 is 0 Å². The van der Waals surface area contributed by atoms with E-state index in [9.17, 15) is 9.59 Å². The van der Waals surface area contributed by atoms with Crippen molar-refractivity contribution in [1.29, 1.82) is 0 Å². The fraction of sp³-hybridized carbons (Fsp3) is 0.296.